The van der Waals surface area contributed by atoms with Gasteiger partial charge >= 0.3 is 0 Å². The molecule has 0 saturated carbocycles. The number of nitro groups is 1. The SMILES string of the molecule is CNc1cc(NC(CO)CO)cc([N+](=O)[O-])c1. The third-order valence-corrected chi connectivity index (χ3v) is 2.23. The van der Waals surface area contributed by atoms with Crippen LogP contribution in [0.15, 0.2) is 18.2 Å². The van der Waals surface area contributed by atoms with Gasteiger partial charge in [0.05, 0.1) is 24.2 Å². The van der Waals surface area contributed by atoms with Crippen molar-refractivity contribution in [2.24, 2.45) is 0 Å². The van der Waals surface area contributed by atoms with Crippen LogP contribution >= 0.6 is 0 Å². The molecule has 0 amide bonds. The third kappa shape index (κ3) is 3.58. The molecule has 0 saturated heterocycles. The summed E-state index contributed by atoms with van der Waals surface area (Å²) in [6.45, 7) is -0.512. The zero-order valence-electron chi connectivity index (χ0n) is 9.38. The van der Waals surface area contributed by atoms with E-state index in [0.29, 0.717) is 11.4 Å². The van der Waals surface area contributed by atoms with Crippen LogP contribution in [0.5, 0.6) is 0 Å². The van der Waals surface area contributed by atoms with Gasteiger partial charge in [-0.3, -0.25) is 10.1 Å². The number of nitrogens with one attached hydrogen (secondary N) is 2. The second kappa shape index (κ2) is 6.02. The molecule has 1 aromatic rings. The van der Waals surface area contributed by atoms with Crippen molar-refractivity contribution < 1.29 is 15.1 Å². The number of hydrogen-bond acceptors (Lipinski definition) is 6. The fraction of sp³-hybridized carbons (Fsp3) is 0.400. The highest BCUT2D eigenvalue weighted by atomic mass is 16.6. The standard InChI is InChI=1S/C10H15N3O4/c1-11-7-2-8(12-9(5-14)6-15)4-10(3-7)13(16)17/h2-4,9,11-12,14-15H,5-6H2,1H3. The zero-order valence-corrected chi connectivity index (χ0v) is 9.38. The van der Waals surface area contributed by atoms with E-state index < -0.39 is 11.0 Å². The molecule has 0 heterocycles. The van der Waals surface area contributed by atoms with E-state index in [4.69, 9.17) is 10.2 Å². The van der Waals surface area contributed by atoms with Gasteiger partial charge in [-0.2, -0.15) is 0 Å². The molecule has 0 fully saturated rings. The summed E-state index contributed by atoms with van der Waals surface area (Å²) in [6.07, 6.45) is 0. The Morgan fingerprint density at radius 2 is 1.88 bits per heavy atom. The third-order valence-electron chi connectivity index (χ3n) is 2.23. The molecule has 0 unspecified atom stereocenters. The molecule has 0 spiro atoms. The molecule has 0 atom stereocenters. The summed E-state index contributed by atoms with van der Waals surface area (Å²) in [5.74, 6) is 0. The average Bonchev–Trinajstić information content (AvgIpc) is 2.35. The highest BCUT2D eigenvalue weighted by molar-refractivity contribution is 5.63. The Hall–Kier alpha value is -1.86. The van der Waals surface area contributed by atoms with Gasteiger partial charge < -0.3 is 20.8 Å². The van der Waals surface area contributed by atoms with Gasteiger partial charge in [0, 0.05) is 30.6 Å². The van der Waals surface area contributed by atoms with E-state index in [1.54, 1.807) is 13.1 Å². The number of anilines is 2. The summed E-state index contributed by atoms with van der Waals surface area (Å²) in [6, 6.07) is 3.87. The first-order chi connectivity index (χ1) is 8.10. The van der Waals surface area contributed by atoms with Crippen molar-refractivity contribution in [3.8, 4) is 0 Å². The second-order valence-electron chi connectivity index (χ2n) is 3.48. The van der Waals surface area contributed by atoms with Gasteiger partial charge in [-0.15, -0.1) is 0 Å². The Balaban J connectivity index is 2.98. The first-order valence-electron chi connectivity index (χ1n) is 5.06. The molecule has 1 aromatic carbocycles. The smallest absolute Gasteiger partial charge is 0.273 e. The van der Waals surface area contributed by atoms with E-state index >= 15 is 0 Å². The fourth-order valence-electron chi connectivity index (χ4n) is 1.33. The number of benzene rings is 1. The molecular formula is C10H15N3O4. The Morgan fingerprint density at radius 1 is 1.29 bits per heavy atom. The lowest BCUT2D eigenvalue weighted by molar-refractivity contribution is -0.384. The molecule has 0 aliphatic rings. The van der Waals surface area contributed by atoms with Gasteiger partial charge in [0.15, 0.2) is 0 Å². The highest BCUT2D eigenvalue weighted by Crippen LogP contribution is 2.24. The Morgan fingerprint density at radius 3 is 2.35 bits per heavy atom. The van der Waals surface area contributed by atoms with Crippen molar-refractivity contribution in [1.82, 2.24) is 0 Å². The van der Waals surface area contributed by atoms with E-state index in [1.807, 2.05) is 0 Å². The summed E-state index contributed by atoms with van der Waals surface area (Å²) in [5, 5.41) is 34.1. The summed E-state index contributed by atoms with van der Waals surface area (Å²) >= 11 is 0. The number of hydrogen-bond donors (Lipinski definition) is 4. The molecule has 0 radical (unpaired) electrons. The zero-order chi connectivity index (χ0) is 12.8. The second-order valence-corrected chi connectivity index (χ2v) is 3.48. The van der Waals surface area contributed by atoms with Crippen molar-refractivity contribution >= 4 is 17.1 Å². The maximum atomic E-state index is 10.7. The predicted octanol–water partition coefficient (Wildman–Crippen LogP) is 0.402. The minimum atomic E-state index is -0.540. The lowest BCUT2D eigenvalue weighted by Gasteiger charge is -2.15. The average molecular weight is 241 g/mol. The van der Waals surface area contributed by atoms with Gasteiger partial charge in [-0.25, -0.2) is 0 Å². The van der Waals surface area contributed by atoms with Crippen molar-refractivity contribution in [3.63, 3.8) is 0 Å². The molecular weight excluding hydrogens is 226 g/mol. The molecule has 94 valence electrons. The van der Waals surface area contributed by atoms with Gasteiger partial charge in [0.2, 0.25) is 0 Å². The van der Waals surface area contributed by atoms with E-state index in [-0.39, 0.29) is 18.9 Å². The van der Waals surface area contributed by atoms with Crippen LogP contribution in [0.4, 0.5) is 17.1 Å². The van der Waals surface area contributed by atoms with Crippen LogP contribution in [0.3, 0.4) is 0 Å². The Labute approximate surface area is 98.2 Å². The maximum Gasteiger partial charge on any atom is 0.273 e. The Bertz CT molecular complexity index is 393. The normalized spacial score (nSPS) is 10.4. The number of nitrogens with zero attached hydrogens (tertiary/aromatic N) is 1. The first kappa shape index (κ1) is 13.2. The van der Waals surface area contributed by atoms with Crippen LogP contribution in [-0.4, -0.2) is 41.4 Å². The molecule has 0 aromatic heterocycles. The summed E-state index contributed by atoms with van der Waals surface area (Å²) in [7, 11) is 1.65. The van der Waals surface area contributed by atoms with Crippen molar-refractivity contribution in [3.05, 3.63) is 28.3 Å². The van der Waals surface area contributed by atoms with E-state index in [1.165, 1.54) is 12.1 Å². The quantitative estimate of drug-likeness (QED) is 0.424. The maximum absolute atomic E-state index is 10.7. The van der Waals surface area contributed by atoms with Crippen LogP contribution in [0.25, 0.3) is 0 Å². The fourth-order valence-corrected chi connectivity index (χ4v) is 1.33. The molecule has 1 rings (SSSR count). The van der Waals surface area contributed by atoms with Crippen LogP contribution < -0.4 is 10.6 Å². The summed E-state index contributed by atoms with van der Waals surface area (Å²) in [4.78, 5) is 10.2. The van der Waals surface area contributed by atoms with Crippen LogP contribution in [-0.2, 0) is 0 Å². The van der Waals surface area contributed by atoms with Gasteiger partial charge in [0.25, 0.3) is 5.69 Å². The lowest BCUT2D eigenvalue weighted by atomic mass is 10.2. The molecule has 4 N–H and O–H groups in total. The predicted molar refractivity (Wildman–Crippen MR) is 64.2 cm³/mol. The number of aliphatic hydroxyl groups excluding tert-OH is 2. The van der Waals surface area contributed by atoms with Gasteiger partial charge in [0.1, 0.15) is 0 Å². The number of rotatable bonds is 6. The molecule has 7 nitrogen and oxygen atoms in total. The van der Waals surface area contributed by atoms with Crippen molar-refractivity contribution in [1.29, 1.82) is 0 Å². The lowest BCUT2D eigenvalue weighted by Crippen LogP contribution is -2.27. The minimum Gasteiger partial charge on any atom is -0.394 e. The van der Waals surface area contributed by atoms with Crippen LogP contribution in [0.1, 0.15) is 0 Å². The molecule has 0 aliphatic carbocycles. The summed E-state index contributed by atoms with van der Waals surface area (Å²) in [5.41, 5.74) is 0.988. The number of aliphatic hydroxyl groups is 2. The molecule has 17 heavy (non-hydrogen) atoms. The van der Waals surface area contributed by atoms with E-state index in [0.717, 1.165) is 0 Å². The number of non-ortho nitro benzene ring substituents is 1. The highest BCUT2D eigenvalue weighted by Gasteiger charge is 2.11. The molecule has 0 aliphatic heterocycles. The van der Waals surface area contributed by atoms with Crippen molar-refractivity contribution in [2.45, 2.75) is 6.04 Å². The minimum absolute atomic E-state index is 0.0611. The first-order valence-corrected chi connectivity index (χ1v) is 5.06. The van der Waals surface area contributed by atoms with E-state index in [9.17, 15) is 10.1 Å². The van der Waals surface area contributed by atoms with Crippen LogP contribution in [0.2, 0.25) is 0 Å². The molecule has 7 heteroatoms. The largest absolute Gasteiger partial charge is 0.394 e. The summed E-state index contributed by atoms with van der Waals surface area (Å²) < 4.78 is 0. The van der Waals surface area contributed by atoms with E-state index in [2.05, 4.69) is 10.6 Å². The number of nitro benzene ring substituents is 1. The molecule has 0 bridgehead atoms. The van der Waals surface area contributed by atoms with Gasteiger partial charge in [-0.1, -0.05) is 0 Å². The topological polar surface area (TPSA) is 108 Å². The monoisotopic (exact) mass is 241 g/mol. The van der Waals surface area contributed by atoms with Crippen molar-refractivity contribution in [2.75, 3.05) is 30.9 Å². The van der Waals surface area contributed by atoms with Gasteiger partial charge in [-0.05, 0) is 6.07 Å². The Kier molecular flexibility index (Phi) is 4.68. The van der Waals surface area contributed by atoms with Crippen LogP contribution in [0, 0.1) is 10.1 Å².